The van der Waals surface area contributed by atoms with Crippen LogP contribution in [-0.4, -0.2) is 33.0 Å². The molecule has 1 fully saturated rings. The highest BCUT2D eigenvalue weighted by atomic mass is 32.2. The molecule has 1 aromatic rings. The van der Waals surface area contributed by atoms with Gasteiger partial charge in [0.1, 0.15) is 0 Å². The number of rotatable bonds is 6. The van der Waals surface area contributed by atoms with Crippen molar-refractivity contribution in [2.24, 2.45) is 21.8 Å². The summed E-state index contributed by atoms with van der Waals surface area (Å²) in [6.07, 6.45) is 5.36. The minimum atomic E-state index is -3.69. The van der Waals surface area contributed by atoms with Crippen LogP contribution in [0.25, 0.3) is 0 Å². The highest BCUT2D eigenvalue weighted by Crippen LogP contribution is 2.18. The highest BCUT2D eigenvalue weighted by Gasteiger charge is 2.22. The molecular weight excluding hydrogens is 350 g/mol. The molecule has 146 valence electrons. The first-order valence-corrected chi connectivity index (χ1v) is 10.8. The first-order valence-electron chi connectivity index (χ1n) is 9.22. The molecule has 0 spiro atoms. The van der Waals surface area contributed by atoms with E-state index in [1.807, 2.05) is 0 Å². The van der Waals surface area contributed by atoms with Gasteiger partial charge in [-0.3, -0.25) is 4.99 Å². The maximum atomic E-state index is 11.4. The molecule has 1 aromatic carbocycles. The van der Waals surface area contributed by atoms with Crippen LogP contribution >= 0.6 is 0 Å². The highest BCUT2D eigenvalue weighted by molar-refractivity contribution is 7.89. The molecule has 0 bridgehead atoms. The number of anilines is 1. The van der Waals surface area contributed by atoms with Crippen molar-refractivity contribution in [1.82, 2.24) is 5.32 Å². The number of sulfonamides is 1. The topological polar surface area (TPSA) is 123 Å². The van der Waals surface area contributed by atoms with E-state index in [9.17, 15) is 8.42 Å². The fourth-order valence-electron chi connectivity index (χ4n) is 2.93. The molecule has 7 nitrogen and oxygen atoms in total. The Morgan fingerprint density at radius 1 is 1.23 bits per heavy atom. The minimum Gasteiger partial charge on any atom is -0.352 e. The van der Waals surface area contributed by atoms with E-state index in [4.69, 9.17) is 10.9 Å². The van der Waals surface area contributed by atoms with Crippen LogP contribution in [0.4, 0.5) is 5.69 Å². The van der Waals surface area contributed by atoms with E-state index in [1.165, 1.54) is 18.6 Å². The van der Waals surface area contributed by atoms with Crippen molar-refractivity contribution < 1.29 is 8.42 Å². The van der Waals surface area contributed by atoms with Crippen LogP contribution in [0.15, 0.2) is 34.2 Å². The molecule has 0 aliphatic heterocycles. The number of primary sulfonamides is 1. The van der Waals surface area contributed by atoms with Crippen LogP contribution in [0.5, 0.6) is 0 Å². The molecule has 0 heterocycles. The summed E-state index contributed by atoms with van der Waals surface area (Å²) in [5.41, 5.74) is 6.99. The van der Waals surface area contributed by atoms with Gasteiger partial charge in [-0.05, 0) is 49.4 Å². The monoisotopic (exact) mass is 381 g/mol. The summed E-state index contributed by atoms with van der Waals surface area (Å²) >= 11 is 0. The number of nitrogens with one attached hydrogen (secondary N) is 2. The smallest absolute Gasteiger partial charge is 0.238 e. The lowest BCUT2D eigenvalue weighted by molar-refractivity contribution is 0.360. The second-order valence-electron chi connectivity index (χ2n) is 7.31. The van der Waals surface area contributed by atoms with Crippen molar-refractivity contribution in [1.29, 1.82) is 0 Å². The Morgan fingerprint density at radius 3 is 2.46 bits per heavy atom. The Morgan fingerprint density at radius 2 is 1.88 bits per heavy atom. The molecule has 0 amide bonds. The van der Waals surface area contributed by atoms with Crippen molar-refractivity contribution in [2.45, 2.75) is 62.9 Å². The van der Waals surface area contributed by atoms with Crippen molar-refractivity contribution in [3.8, 4) is 0 Å². The molecule has 2 rings (SSSR count). The van der Waals surface area contributed by atoms with Gasteiger partial charge in [0.15, 0.2) is 5.96 Å². The van der Waals surface area contributed by atoms with Crippen molar-refractivity contribution in [3.05, 3.63) is 24.3 Å². The summed E-state index contributed by atoms with van der Waals surface area (Å²) in [5, 5.41) is 11.8. The molecule has 2 atom stereocenters. The maximum Gasteiger partial charge on any atom is 0.238 e. The summed E-state index contributed by atoms with van der Waals surface area (Å²) in [6.45, 7) is 5.04. The van der Waals surface area contributed by atoms with Gasteiger partial charge >= 0.3 is 0 Å². The molecular formula is C18H31N5O2S. The number of benzene rings is 1. The fraction of sp³-hybridized carbons (Fsp3) is 0.611. The van der Waals surface area contributed by atoms with Gasteiger partial charge in [-0.2, -0.15) is 0 Å². The first kappa shape index (κ1) is 20.7. The lowest BCUT2D eigenvalue weighted by atomic mass is 9.91. The molecule has 0 saturated heterocycles. The summed E-state index contributed by atoms with van der Waals surface area (Å²) in [4.78, 5) is 4.74. The zero-order valence-corrected chi connectivity index (χ0v) is 16.4. The van der Waals surface area contributed by atoms with E-state index in [1.54, 1.807) is 12.1 Å². The van der Waals surface area contributed by atoms with Crippen LogP contribution in [0, 0.1) is 5.92 Å². The number of hydrogen-bond acceptors (Lipinski definition) is 4. The third-order valence-corrected chi connectivity index (χ3v) is 5.49. The number of nitrogens with two attached hydrogens (primary N) is 2. The molecule has 1 aliphatic rings. The van der Waals surface area contributed by atoms with E-state index in [2.05, 4.69) is 29.5 Å². The predicted molar refractivity (Wildman–Crippen MR) is 107 cm³/mol. The summed E-state index contributed by atoms with van der Waals surface area (Å²) in [7, 11) is -3.69. The molecule has 1 aliphatic carbocycles. The van der Waals surface area contributed by atoms with E-state index < -0.39 is 10.0 Å². The number of guanidine groups is 1. The van der Waals surface area contributed by atoms with E-state index in [0.29, 0.717) is 18.4 Å². The predicted octanol–water partition coefficient (Wildman–Crippen LogP) is 2.01. The molecule has 0 aromatic heterocycles. The summed E-state index contributed by atoms with van der Waals surface area (Å²) < 4.78 is 22.8. The first-order chi connectivity index (χ1) is 12.3. The Bertz CT molecular complexity index is 701. The van der Waals surface area contributed by atoms with Crippen LogP contribution < -0.4 is 21.5 Å². The van der Waals surface area contributed by atoms with Crippen molar-refractivity contribution >= 4 is 21.7 Å². The fourth-order valence-corrected chi connectivity index (χ4v) is 3.45. The van der Waals surface area contributed by atoms with Crippen molar-refractivity contribution in [2.75, 3.05) is 11.9 Å². The lowest BCUT2D eigenvalue weighted by Gasteiger charge is -2.30. The second-order valence-corrected chi connectivity index (χ2v) is 8.87. The van der Waals surface area contributed by atoms with Crippen LogP contribution in [-0.2, 0) is 10.0 Å². The van der Waals surface area contributed by atoms with Gasteiger partial charge in [0.2, 0.25) is 10.0 Å². The molecule has 0 radical (unpaired) electrons. The Hall–Kier alpha value is -1.64. The van der Waals surface area contributed by atoms with Gasteiger partial charge in [-0.1, -0.05) is 26.7 Å². The third kappa shape index (κ3) is 6.59. The Balaban J connectivity index is 2.09. The zero-order chi connectivity index (χ0) is 19.2. The SMILES string of the molecule is CC(C)CCN=C(Nc1ccc(S(N)(=O)=O)cc1)N[C@H]1CCCC[C@@H]1N. The standard InChI is InChI=1S/C18H31N5O2S/c1-13(2)11-12-21-18(23-17-6-4-3-5-16(17)19)22-14-7-9-15(10-8-14)26(20,24)25/h7-10,13,16-17H,3-6,11-12,19H2,1-2H3,(H2,20,24,25)(H2,21,22,23)/t16-,17-/m0/s1. The van der Waals surface area contributed by atoms with Gasteiger partial charge in [0.25, 0.3) is 0 Å². The summed E-state index contributed by atoms with van der Waals surface area (Å²) in [6, 6.07) is 6.63. The van der Waals surface area contributed by atoms with Crippen LogP contribution in [0.1, 0.15) is 46.0 Å². The number of aliphatic imine (C=N–C) groups is 1. The number of nitrogens with zero attached hydrogens (tertiary/aromatic N) is 1. The maximum absolute atomic E-state index is 11.4. The zero-order valence-electron chi connectivity index (χ0n) is 15.6. The number of hydrogen-bond donors (Lipinski definition) is 4. The normalized spacial score (nSPS) is 21.7. The molecule has 0 unspecified atom stereocenters. The van der Waals surface area contributed by atoms with Crippen LogP contribution in [0.2, 0.25) is 0 Å². The van der Waals surface area contributed by atoms with Crippen LogP contribution in [0.3, 0.4) is 0 Å². The molecule has 6 N–H and O–H groups in total. The van der Waals surface area contributed by atoms with Gasteiger partial charge in [-0.25, -0.2) is 13.6 Å². The average molecular weight is 382 g/mol. The lowest BCUT2D eigenvalue weighted by Crippen LogP contribution is -2.51. The van der Waals surface area contributed by atoms with Gasteiger partial charge in [-0.15, -0.1) is 0 Å². The molecule has 1 saturated carbocycles. The van der Waals surface area contributed by atoms with Gasteiger partial charge in [0.05, 0.1) is 4.90 Å². The van der Waals surface area contributed by atoms with E-state index in [0.717, 1.165) is 31.4 Å². The van der Waals surface area contributed by atoms with E-state index >= 15 is 0 Å². The quantitative estimate of drug-likeness (QED) is 0.443. The molecule has 8 heteroatoms. The molecule has 26 heavy (non-hydrogen) atoms. The van der Waals surface area contributed by atoms with Gasteiger partial charge in [0, 0.05) is 24.3 Å². The minimum absolute atomic E-state index is 0.0867. The Kier molecular flexibility index (Phi) is 7.43. The van der Waals surface area contributed by atoms with Crippen molar-refractivity contribution in [3.63, 3.8) is 0 Å². The Labute approximate surface area is 156 Å². The largest absolute Gasteiger partial charge is 0.352 e. The van der Waals surface area contributed by atoms with Gasteiger partial charge < -0.3 is 16.4 Å². The summed E-state index contributed by atoms with van der Waals surface area (Å²) in [5.74, 6) is 1.25. The average Bonchev–Trinajstić information content (AvgIpc) is 2.56. The van der Waals surface area contributed by atoms with E-state index in [-0.39, 0.29) is 17.0 Å². The third-order valence-electron chi connectivity index (χ3n) is 4.56. The second kappa shape index (κ2) is 9.34.